The molecule has 15 heteroatoms. The smallest absolute Gasteiger partial charge is 0.382 e. The number of aromatic nitrogens is 2. The average Bonchev–Trinajstić information content (AvgIpc) is 3.67. The van der Waals surface area contributed by atoms with E-state index >= 15 is 0 Å². The van der Waals surface area contributed by atoms with Crippen LogP contribution in [-0.2, 0) is 16.4 Å². The van der Waals surface area contributed by atoms with Crippen molar-refractivity contribution < 1.29 is 21.6 Å². The van der Waals surface area contributed by atoms with Crippen molar-refractivity contribution in [1.82, 2.24) is 19.2 Å². The molecule has 4 aliphatic rings. The molecule has 5 heterocycles. The number of rotatable bonds is 8. The monoisotopic (exact) mass is 650 g/mol. The van der Waals surface area contributed by atoms with Crippen LogP contribution in [0.5, 0.6) is 0 Å². The minimum absolute atomic E-state index is 0.193. The number of thiophene rings is 1. The summed E-state index contributed by atoms with van der Waals surface area (Å²) in [5.74, 6) is 0.748. The molecule has 2 saturated heterocycles. The first-order chi connectivity index (χ1) is 20.9. The lowest BCUT2D eigenvalue weighted by molar-refractivity contribution is -0.126. The summed E-state index contributed by atoms with van der Waals surface area (Å²) in [6.07, 6.45) is 0.695. The molecule has 2 aromatic heterocycles. The van der Waals surface area contributed by atoms with Gasteiger partial charge in [0, 0.05) is 69.0 Å². The molecule has 3 fully saturated rings. The first-order valence-corrected chi connectivity index (χ1v) is 17.7. The normalized spacial score (nSPS) is 24.6. The van der Waals surface area contributed by atoms with Crippen molar-refractivity contribution in [3.63, 3.8) is 0 Å². The Morgan fingerprint density at radius 1 is 1.09 bits per heavy atom. The molecule has 1 aromatic carbocycles. The number of halogens is 3. The highest BCUT2D eigenvalue weighted by molar-refractivity contribution is 7.88. The molecule has 3 aliphatic heterocycles. The quantitative estimate of drug-likeness (QED) is 0.375. The molecule has 0 amide bonds. The zero-order chi connectivity index (χ0) is 30.7. The van der Waals surface area contributed by atoms with Crippen molar-refractivity contribution >= 4 is 54.5 Å². The minimum Gasteiger partial charge on any atom is -0.382 e. The number of hydrogen-bond acceptors (Lipinski definition) is 10. The number of nitrogens with one attached hydrogen (secondary N) is 2. The van der Waals surface area contributed by atoms with E-state index in [-0.39, 0.29) is 10.3 Å². The first kappa shape index (κ1) is 29.8. The zero-order valence-electron chi connectivity index (χ0n) is 24.6. The van der Waals surface area contributed by atoms with Crippen molar-refractivity contribution in [3.05, 3.63) is 35.5 Å². The van der Waals surface area contributed by atoms with E-state index in [2.05, 4.69) is 53.5 Å². The zero-order valence-corrected chi connectivity index (χ0v) is 26.2. The van der Waals surface area contributed by atoms with Crippen molar-refractivity contribution in [1.29, 1.82) is 0 Å². The van der Waals surface area contributed by atoms with Crippen LogP contribution in [0.2, 0.25) is 0 Å². The van der Waals surface area contributed by atoms with Gasteiger partial charge in [-0.05, 0) is 48.9 Å². The van der Waals surface area contributed by atoms with Crippen molar-refractivity contribution in [2.24, 2.45) is 5.41 Å². The summed E-state index contributed by atoms with van der Waals surface area (Å²) in [6, 6.07) is 8.48. The summed E-state index contributed by atoms with van der Waals surface area (Å²) in [5, 5.41) is 7.95. The van der Waals surface area contributed by atoms with Crippen LogP contribution in [0.4, 0.5) is 36.1 Å². The Labute approximate surface area is 259 Å². The molecule has 238 valence electrons. The third kappa shape index (κ3) is 6.15. The summed E-state index contributed by atoms with van der Waals surface area (Å²) in [7, 11) is -3.12. The van der Waals surface area contributed by atoms with Gasteiger partial charge < -0.3 is 20.4 Å². The maximum Gasteiger partial charge on any atom is 0.393 e. The Kier molecular flexibility index (Phi) is 7.57. The molecule has 1 saturated carbocycles. The predicted octanol–water partition coefficient (Wildman–Crippen LogP) is 4.03. The van der Waals surface area contributed by atoms with Gasteiger partial charge in [0.05, 0.1) is 36.1 Å². The molecule has 2 N–H and O–H groups in total. The van der Waals surface area contributed by atoms with Gasteiger partial charge in [-0.1, -0.05) is 0 Å². The first-order valence-electron chi connectivity index (χ1n) is 15.1. The number of sulfonamides is 1. The van der Waals surface area contributed by atoms with E-state index in [9.17, 15) is 21.6 Å². The van der Waals surface area contributed by atoms with Gasteiger partial charge in [-0.3, -0.25) is 4.90 Å². The number of anilines is 4. The fourth-order valence-electron chi connectivity index (χ4n) is 7.26. The number of hydrogen-bond donors (Lipinski definition) is 2. The lowest BCUT2D eigenvalue weighted by atomic mass is 9.65. The maximum absolute atomic E-state index is 13.0. The molecule has 0 bridgehead atoms. The lowest BCUT2D eigenvalue weighted by Gasteiger charge is -2.46. The van der Waals surface area contributed by atoms with E-state index in [1.165, 1.54) is 18.3 Å². The van der Waals surface area contributed by atoms with Crippen LogP contribution in [0.1, 0.15) is 24.1 Å². The number of alkyl halides is 3. The average molecular weight is 651 g/mol. The Morgan fingerprint density at radius 3 is 2.64 bits per heavy atom. The van der Waals surface area contributed by atoms with Gasteiger partial charge in [-0.15, -0.1) is 11.3 Å². The summed E-state index contributed by atoms with van der Waals surface area (Å²) in [6.45, 7) is 6.82. The van der Waals surface area contributed by atoms with Crippen LogP contribution in [0.3, 0.4) is 0 Å². The molecule has 7 rings (SSSR count). The number of benzene rings is 1. The molecular formula is C29H37F3N8O2S2. The molecule has 0 atom stereocenters. The Bertz CT molecular complexity index is 1630. The van der Waals surface area contributed by atoms with Crippen molar-refractivity contribution in [2.45, 2.75) is 37.9 Å². The van der Waals surface area contributed by atoms with Gasteiger partial charge in [0.25, 0.3) is 0 Å². The van der Waals surface area contributed by atoms with Crippen LogP contribution >= 0.6 is 11.3 Å². The summed E-state index contributed by atoms with van der Waals surface area (Å²) in [4.78, 5) is 16.5. The molecule has 3 aromatic rings. The number of fused-ring (bicyclic) bond motifs is 2. The van der Waals surface area contributed by atoms with Gasteiger partial charge >= 0.3 is 6.18 Å². The second-order valence-corrected chi connectivity index (χ2v) is 15.8. The Morgan fingerprint density at radius 2 is 1.89 bits per heavy atom. The van der Waals surface area contributed by atoms with Crippen LogP contribution in [0.15, 0.2) is 30.6 Å². The van der Waals surface area contributed by atoms with Gasteiger partial charge in [0.1, 0.15) is 17.0 Å². The van der Waals surface area contributed by atoms with E-state index in [1.807, 2.05) is 0 Å². The standard InChI is InChI=1S/C29H37F3N8O2S2/c1-44(41,42)40-10-7-37(8-11-40)6-9-39-19-35-24-12-20(2-3-25(24)39)36-21-14-28(15-21)4-5-38(17-28)26-23-13-22(16-29(30,31)32)43-27(23)34-18-33-26/h2-3,12-13,18,21,35-36H,4-11,14-17,19H2,1H3. The fourth-order valence-corrected chi connectivity index (χ4v) is 9.11. The van der Waals surface area contributed by atoms with Crippen LogP contribution in [-0.4, -0.2) is 105 Å². The third-order valence-electron chi connectivity index (χ3n) is 9.49. The van der Waals surface area contributed by atoms with Crippen LogP contribution in [0.25, 0.3) is 10.2 Å². The largest absolute Gasteiger partial charge is 0.393 e. The van der Waals surface area contributed by atoms with E-state index in [1.54, 1.807) is 10.4 Å². The van der Waals surface area contributed by atoms with Crippen molar-refractivity contribution in [2.75, 3.05) is 85.7 Å². The molecule has 0 radical (unpaired) electrons. The van der Waals surface area contributed by atoms with Crippen LogP contribution in [0, 0.1) is 5.41 Å². The van der Waals surface area contributed by atoms with E-state index in [0.29, 0.717) is 24.0 Å². The second kappa shape index (κ2) is 11.2. The minimum atomic E-state index is -4.24. The third-order valence-corrected chi connectivity index (χ3v) is 11.8. The van der Waals surface area contributed by atoms with Gasteiger partial charge in [-0.25, -0.2) is 18.4 Å². The highest BCUT2D eigenvalue weighted by Gasteiger charge is 2.49. The van der Waals surface area contributed by atoms with Crippen molar-refractivity contribution in [3.8, 4) is 0 Å². The number of piperazine rings is 1. The van der Waals surface area contributed by atoms with Gasteiger partial charge in [0.15, 0.2) is 0 Å². The Hall–Kier alpha value is -2.88. The van der Waals surface area contributed by atoms with E-state index < -0.39 is 22.6 Å². The predicted molar refractivity (Wildman–Crippen MR) is 168 cm³/mol. The van der Waals surface area contributed by atoms with E-state index in [0.717, 1.165) is 99.1 Å². The number of nitrogens with zero attached hydrogens (tertiary/aromatic N) is 6. The molecular weight excluding hydrogens is 614 g/mol. The van der Waals surface area contributed by atoms with Crippen LogP contribution < -0.4 is 20.4 Å². The molecule has 44 heavy (non-hydrogen) atoms. The second-order valence-electron chi connectivity index (χ2n) is 12.7. The molecule has 1 aliphatic carbocycles. The highest BCUT2D eigenvalue weighted by atomic mass is 32.2. The molecule has 1 spiro atoms. The Balaban J connectivity index is 0.911. The maximum atomic E-state index is 13.0. The fraction of sp³-hybridized carbons (Fsp3) is 0.586. The molecule has 10 nitrogen and oxygen atoms in total. The summed E-state index contributed by atoms with van der Waals surface area (Å²) in [5.41, 5.74) is 3.59. The van der Waals surface area contributed by atoms with E-state index in [4.69, 9.17) is 0 Å². The topological polar surface area (TPSA) is 96.9 Å². The van der Waals surface area contributed by atoms with Gasteiger partial charge in [-0.2, -0.15) is 17.5 Å². The SMILES string of the molecule is CS(=O)(=O)N1CCN(CCN2CNc3cc(NC4CC5(CCN(c6ncnc7sc(CC(F)(F)F)cc67)C5)C4)ccc32)CC1. The molecule has 0 unspecified atom stereocenters. The lowest BCUT2D eigenvalue weighted by Crippen LogP contribution is -2.49. The highest BCUT2D eigenvalue weighted by Crippen LogP contribution is 2.51. The van der Waals surface area contributed by atoms with Gasteiger partial charge in [0.2, 0.25) is 10.0 Å². The summed E-state index contributed by atoms with van der Waals surface area (Å²) < 4.78 is 64.0. The summed E-state index contributed by atoms with van der Waals surface area (Å²) >= 11 is 1.10.